The molecule has 0 spiro atoms. The molecule has 2 N–H and O–H groups in total. The molecule has 1 aliphatic heterocycles. The second-order valence-corrected chi connectivity index (χ2v) is 5.34. The number of hydrogen-bond donors (Lipinski definition) is 1. The number of nitrogens with two attached hydrogens (primary N) is 1. The van der Waals surface area contributed by atoms with Crippen molar-refractivity contribution in [2.75, 3.05) is 20.1 Å². The van der Waals surface area contributed by atoms with Gasteiger partial charge in [-0.3, -0.25) is 0 Å². The van der Waals surface area contributed by atoms with Crippen molar-refractivity contribution in [2.45, 2.75) is 38.8 Å². The molecular weight excluding hydrogens is 212 g/mol. The molecule has 0 saturated carbocycles. The summed E-state index contributed by atoms with van der Waals surface area (Å²) >= 11 is 0. The minimum Gasteiger partial charge on any atom is -0.333 e. The lowest BCUT2D eigenvalue weighted by Gasteiger charge is -2.29. The summed E-state index contributed by atoms with van der Waals surface area (Å²) in [7, 11) is 2.21. The van der Waals surface area contributed by atoms with Crippen LogP contribution in [-0.4, -0.2) is 34.6 Å². The standard InChI is InChI=1S/C13H24N4/c1-11(14)13-9-15-10-17(13)8-5-12-3-6-16(2)7-4-12/h9-12H,3-8,14H2,1-2H3. The number of piperidine rings is 1. The molecule has 4 nitrogen and oxygen atoms in total. The van der Waals surface area contributed by atoms with Gasteiger partial charge in [-0.2, -0.15) is 0 Å². The summed E-state index contributed by atoms with van der Waals surface area (Å²) < 4.78 is 2.21. The van der Waals surface area contributed by atoms with E-state index in [4.69, 9.17) is 5.73 Å². The van der Waals surface area contributed by atoms with Crippen molar-refractivity contribution >= 4 is 0 Å². The van der Waals surface area contributed by atoms with E-state index in [0.29, 0.717) is 0 Å². The molecule has 1 aromatic rings. The largest absolute Gasteiger partial charge is 0.333 e. The van der Waals surface area contributed by atoms with Crippen LogP contribution in [-0.2, 0) is 6.54 Å². The van der Waals surface area contributed by atoms with Gasteiger partial charge in [0.25, 0.3) is 0 Å². The van der Waals surface area contributed by atoms with E-state index in [0.717, 1.165) is 18.2 Å². The Balaban J connectivity index is 1.83. The van der Waals surface area contributed by atoms with Crippen LogP contribution in [0.3, 0.4) is 0 Å². The zero-order valence-electron chi connectivity index (χ0n) is 11.0. The fraction of sp³-hybridized carbons (Fsp3) is 0.769. The molecule has 1 unspecified atom stereocenters. The Morgan fingerprint density at radius 1 is 1.47 bits per heavy atom. The van der Waals surface area contributed by atoms with Crippen LogP contribution in [0, 0.1) is 5.92 Å². The van der Waals surface area contributed by atoms with E-state index in [1.54, 1.807) is 0 Å². The van der Waals surface area contributed by atoms with E-state index in [1.807, 2.05) is 19.4 Å². The van der Waals surface area contributed by atoms with Crippen molar-refractivity contribution in [3.05, 3.63) is 18.2 Å². The molecule has 0 amide bonds. The van der Waals surface area contributed by atoms with Gasteiger partial charge in [0.1, 0.15) is 0 Å². The number of imidazole rings is 1. The van der Waals surface area contributed by atoms with Crippen molar-refractivity contribution in [2.24, 2.45) is 11.7 Å². The summed E-state index contributed by atoms with van der Waals surface area (Å²) in [6.07, 6.45) is 7.72. The van der Waals surface area contributed by atoms with Crippen LogP contribution >= 0.6 is 0 Å². The number of rotatable bonds is 4. The molecule has 4 heteroatoms. The summed E-state index contributed by atoms with van der Waals surface area (Å²) in [5, 5.41) is 0. The zero-order valence-corrected chi connectivity index (χ0v) is 11.0. The summed E-state index contributed by atoms with van der Waals surface area (Å²) in [4.78, 5) is 6.61. The molecule has 0 bridgehead atoms. The highest BCUT2D eigenvalue weighted by atomic mass is 15.1. The molecule has 0 radical (unpaired) electrons. The third kappa shape index (κ3) is 3.30. The van der Waals surface area contributed by atoms with Crippen molar-refractivity contribution in [3.8, 4) is 0 Å². The Kier molecular flexibility index (Phi) is 4.18. The Bertz CT molecular complexity index is 337. The molecule has 17 heavy (non-hydrogen) atoms. The maximum absolute atomic E-state index is 5.92. The minimum atomic E-state index is 0.0787. The smallest absolute Gasteiger partial charge is 0.0948 e. The van der Waals surface area contributed by atoms with Crippen LogP contribution in [0.1, 0.15) is 37.9 Å². The van der Waals surface area contributed by atoms with Gasteiger partial charge < -0.3 is 15.2 Å². The Morgan fingerprint density at radius 3 is 2.82 bits per heavy atom. The van der Waals surface area contributed by atoms with Crippen molar-refractivity contribution < 1.29 is 0 Å². The molecule has 1 saturated heterocycles. The van der Waals surface area contributed by atoms with Crippen molar-refractivity contribution in [1.82, 2.24) is 14.5 Å². The van der Waals surface area contributed by atoms with Gasteiger partial charge >= 0.3 is 0 Å². The average molecular weight is 236 g/mol. The summed E-state index contributed by atoms with van der Waals surface area (Å²) in [5.74, 6) is 0.870. The third-order valence-corrected chi connectivity index (χ3v) is 3.83. The van der Waals surface area contributed by atoms with Crippen LogP contribution in [0.2, 0.25) is 0 Å². The second-order valence-electron chi connectivity index (χ2n) is 5.34. The maximum atomic E-state index is 5.92. The molecule has 96 valence electrons. The van der Waals surface area contributed by atoms with E-state index in [9.17, 15) is 0 Å². The first-order valence-electron chi connectivity index (χ1n) is 6.61. The van der Waals surface area contributed by atoms with Crippen LogP contribution in [0.4, 0.5) is 0 Å². The highest BCUT2D eigenvalue weighted by molar-refractivity contribution is 5.02. The van der Waals surface area contributed by atoms with Gasteiger partial charge in [-0.1, -0.05) is 0 Å². The Morgan fingerprint density at radius 2 is 2.18 bits per heavy atom. The third-order valence-electron chi connectivity index (χ3n) is 3.83. The summed E-state index contributed by atoms with van der Waals surface area (Å²) in [6.45, 7) is 5.57. The molecule has 1 aliphatic rings. The van der Waals surface area contributed by atoms with Gasteiger partial charge in [0.15, 0.2) is 0 Å². The number of nitrogens with zero attached hydrogens (tertiary/aromatic N) is 3. The predicted molar refractivity (Wildman–Crippen MR) is 69.7 cm³/mol. The second kappa shape index (κ2) is 5.65. The van der Waals surface area contributed by atoms with Gasteiger partial charge in [-0.25, -0.2) is 4.98 Å². The average Bonchev–Trinajstić information content (AvgIpc) is 2.76. The zero-order chi connectivity index (χ0) is 12.3. The van der Waals surface area contributed by atoms with E-state index >= 15 is 0 Å². The quantitative estimate of drug-likeness (QED) is 0.864. The first-order valence-corrected chi connectivity index (χ1v) is 6.61. The SMILES string of the molecule is CC(N)c1cncn1CCC1CCN(C)CC1. The monoisotopic (exact) mass is 236 g/mol. The van der Waals surface area contributed by atoms with E-state index < -0.39 is 0 Å². The van der Waals surface area contributed by atoms with Crippen molar-refractivity contribution in [1.29, 1.82) is 0 Å². The molecule has 1 atom stereocenters. The van der Waals surface area contributed by atoms with Crippen LogP contribution in [0.5, 0.6) is 0 Å². The molecular formula is C13H24N4. The predicted octanol–water partition coefficient (Wildman–Crippen LogP) is 1.63. The van der Waals surface area contributed by atoms with Crippen LogP contribution in [0.25, 0.3) is 0 Å². The normalized spacial score (nSPS) is 20.6. The lowest BCUT2D eigenvalue weighted by Crippen LogP contribution is -2.30. The molecule has 1 aromatic heterocycles. The van der Waals surface area contributed by atoms with Gasteiger partial charge in [0.2, 0.25) is 0 Å². The molecule has 2 rings (SSSR count). The molecule has 1 fully saturated rings. The highest BCUT2D eigenvalue weighted by Gasteiger charge is 2.17. The lowest BCUT2D eigenvalue weighted by molar-refractivity contribution is 0.207. The number of aryl methyl sites for hydroxylation is 1. The first kappa shape index (κ1) is 12.6. The van der Waals surface area contributed by atoms with Crippen LogP contribution < -0.4 is 5.73 Å². The van der Waals surface area contributed by atoms with Gasteiger partial charge in [0, 0.05) is 18.8 Å². The topological polar surface area (TPSA) is 47.1 Å². The maximum Gasteiger partial charge on any atom is 0.0948 e. The number of likely N-dealkylation sites (tertiary alicyclic amines) is 1. The summed E-state index contributed by atoms with van der Waals surface area (Å²) in [6, 6.07) is 0.0787. The lowest BCUT2D eigenvalue weighted by atomic mass is 9.94. The summed E-state index contributed by atoms with van der Waals surface area (Å²) in [5.41, 5.74) is 7.07. The van der Waals surface area contributed by atoms with Gasteiger partial charge in [0.05, 0.1) is 12.0 Å². The highest BCUT2D eigenvalue weighted by Crippen LogP contribution is 2.21. The van der Waals surface area contributed by atoms with Gasteiger partial charge in [-0.05, 0) is 52.2 Å². The fourth-order valence-electron chi connectivity index (χ4n) is 2.57. The fourth-order valence-corrected chi connectivity index (χ4v) is 2.57. The Hall–Kier alpha value is -0.870. The Labute approximate surface area is 104 Å². The molecule has 0 aliphatic carbocycles. The van der Waals surface area contributed by atoms with Gasteiger partial charge in [-0.15, -0.1) is 0 Å². The molecule has 2 heterocycles. The van der Waals surface area contributed by atoms with E-state index in [1.165, 1.54) is 32.4 Å². The first-order chi connectivity index (χ1) is 8.16. The number of aromatic nitrogens is 2. The minimum absolute atomic E-state index is 0.0787. The number of hydrogen-bond acceptors (Lipinski definition) is 3. The van der Waals surface area contributed by atoms with Crippen LogP contribution in [0.15, 0.2) is 12.5 Å². The van der Waals surface area contributed by atoms with Crippen molar-refractivity contribution in [3.63, 3.8) is 0 Å². The molecule has 0 aromatic carbocycles. The van der Waals surface area contributed by atoms with E-state index in [2.05, 4.69) is 21.5 Å². The van der Waals surface area contributed by atoms with E-state index in [-0.39, 0.29) is 6.04 Å².